The van der Waals surface area contributed by atoms with Gasteiger partial charge in [-0.1, -0.05) is 29.8 Å². The molecule has 0 saturated carbocycles. The number of likely N-dealkylation sites (tertiary alicyclic amines) is 1. The van der Waals surface area contributed by atoms with Crippen LogP contribution < -0.4 is 0 Å². The number of aryl methyl sites for hydroxylation is 1. The molecule has 0 bridgehead atoms. The Bertz CT molecular complexity index is 569. The second kappa shape index (κ2) is 7.85. The molecule has 1 atom stereocenters. The molecule has 1 aromatic carbocycles. The molecule has 5 heteroatoms. The van der Waals surface area contributed by atoms with Crippen LogP contribution in [0.25, 0.3) is 0 Å². The third-order valence-corrected chi connectivity index (χ3v) is 5.75. The van der Waals surface area contributed by atoms with Gasteiger partial charge < -0.3 is 14.4 Å². The quantitative estimate of drug-likeness (QED) is 0.816. The monoisotopic (exact) mass is 351 g/mol. The minimum Gasteiger partial charge on any atom is -0.382 e. The summed E-state index contributed by atoms with van der Waals surface area (Å²) in [6, 6.07) is 7.75. The van der Waals surface area contributed by atoms with Crippen LogP contribution in [0.2, 0.25) is 5.02 Å². The van der Waals surface area contributed by atoms with Crippen LogP contribution >= 0.6 is 11.6 Å². The molecule has 0 aromatic heterocycles. The largest absolute Gasteiger partial charge is 0.382 e. The molecule has 1 aromatic rings. The van der Waals surface area contributed by atoms with E-state index in [1.54, 1.807) is 7.11 Å². The van der Waals surface area contributed by atoms with Crippen LogP contribution in [0.1, 0.15) is 31.2 Å². The molecular formula is C19H26ClNO3. The van der Waals surface area contributed by atoms with Crippen molar-refractivity contribution in [3.63, 3.8) is 0 Å². The molecule has 0 N–H and O–H groups in total. The fraction of sp³-hybridized carbons (Fsp3) is 0.632. The van der Waals surface area contributed by atoms with Crippen LogP contribution in [0.15, 0.2) is 24.3 Å². The van der Waals surface area contributed by atoms with E-state index in [0.29, 0.717) is 19.4 Å². The zero-order valence-corrected chi connectivity index (χ0v) is 15.1. The summed E-state index contributed by atoms with van der Waals surface area (Å²) in [6.45, 7) is 3.15. The molecule has 24 heavy (non-hydrogen) atoms. The number of rotatable bonds is 5. The first-order chi connectivity index (χ1) is 11.6. The molecule has 1 amide bonds. The number of halogens is 1. The van der Waals surface area contributed by atoms with E-state index >= 15 is 0 Å². The summed E-state index contributed by atoms with van der Waals surface area (Å²) in [5.74, 6) is 0.233. The van der Waals surface area contributed by atoms with E-state index in [4.69, 9.17) is 21.1 Å². The third kappa shape index (κ3) is 4.11. The van der Waals surface area contributed by atoms with Crippen LogP contribution in [-0.2, 0) is 20.7 Å². The van der Waals surface area contributed by atoms with Gasteiger partial charge in [-0.3, -0.25) is 4.79 Å². The van der Waals surface area contributed by atoms with E-state index in [2.05, 4.69) is 0 Å². The summed E-state index contributed by atoms with van der Waals surface area (Å²) >= 11 is 6.17. The lowest BCUT2D eigenvalue weighted by Crippen LogP contribution is -2.43. The molecule has 2 saturated heterocycles. The molecule has 132 valence electrons. The van der Waals surface area contributed by atoms with Gasteiger partial charge in [0.25, 0.3) is 0 Å². The molecule has 1 spiro atoms. The normalized spacial score (nSPS) is 22.9. The van der Waals surface area contributed by atoms with Gasteiger partial charge in [-0.15, -0.1) is 0 Å². The standard InChI is InChI=1S/C19H26ClNO3/c1-23-13-16-12-19(14-24-16)8-10-21(11-9-19)18(22)7-6-15-4-2-3-5-17(15)20/h2-5,16H,6-14H2,1H3/t16-/m1/s1. The van der Waals surface area contributed by atoms with E-state index in [9.17, 15) is 4.79 Å². The first-order valence-corrected chi connectivity index (χ1v) is 9.11. The lowest BCUT2D eigenvalue weighted by molar-refractivity contribution is -0.133. The predicted octanol–water partition coefficient (Wildman–Crippen LogP) is 3.32. The number of carbonyl (C=O) groups excluding carboxylic acids is 1. The average molecular weight is 352 g/mol. The number of nitrogens with zero attached hydrogens (tertiary/aromatic N) is 1. The molecule has 3 rings (SSSR count). The van der Waals surface area contributed by atoms with Crippen molar-refractivity contribution in [2.24, 2.45) is 5.41 Å². The zero-order chi connectivity index (χ0) is 17.0. The van der Waals surface area contributed by atoms with Gasteiger partial charge in [0.2, 0.25) is 5.91 Å². The molecule has 0 aliphatic carbocycles. The maximum absolute atomic E-state index is 12.5. The molecule has 2 aliphatic rings. The SMILES string of the molecule is COC[C@H]1CC2(CCN(C(=O)CCc3ccccc3Cl)CC2)CO1. The molecule has 0 radical (unpaired) electrons. The number of piperidine rings is 1. The highest BCUT2D eigenvalue weighted by atomic mass is 35.5. The van der Waals surface area contributed by atoms with Gasteiger partial charge in [0.05, 0.1) is 19.3 Å². The van der Waals surface area contributed by atoms with E-state index < -0.39 is 0 Å². The molecule has 0 unspecified atom stereocenters. The van der Waals surface area contributed by atoms with Crippen LogP contribution in [0, 0.1) is 5.41 Å². The van der Waals surface area contributed by atoms with E-state index in [1.807, 2.05) is 29.2 Å². The van der Waals surface area contributed by atoms with Gasteiger partial charge in [-0.25, -0.2) is 0 Å². The number of ether oxygens (including phenoxy) is 2. The van der Waals surface area contributed by atoms with Gasteiger partial charge >= 0.3 is 0 Å². The van der Waals surface area contributed by atoms with Crippen molar-refractivity contribution in [3.8, 4) is 0 Å². The Morgan fingerprint density at radius 2 is 2.12 bits per heavy atom. The minimum atomic E-state index is 0.220. The third-order valence-electron chi connectivity index (χ3n) is 5.38. The topological polar surface area (TPSA) is 38.8 Å². The van der Waals surface area contributed by atoms with Crippen LogP contribution in [0.5, 0.6) is 0 Å². The number of methoxy groups -OCH3 is 1. The fourth-order valence-corrected chi connectivity index (χ4v) is 4.10. The van der Waals surface area contributed by atoms with E-state index in [-0.39, 0.29) is 17.4 Å². The summed E-state index contributed by atoms with van der Waals surface area (Å²) in [7, 11) is 1.72. The highest BCUT2D eigenvalue weighted by Crippen LogP contribution is 2.42. The number of hydrogen-bond donors (Lipinski definition) is 0. The Hall–Kier alpha value is -1.10. The van der Waals surface area contributed by atoms with Crippen molar-refractivity contribution in [1.29, 1.82) is 0 Å². The van der Waals surface area contributed by atoms with Crippen molar-refractivity contribution in [1.82, 2.24) is 4.90 Å². The summed E-state index contributed by atoms with van der Waals surface area (Å²) in [5, 5.41) is 0.746. The van der Waals surface area contributed by atoms with E-state index in [1.165, 1.54) is 0 Å². The van der Waals surface area contributed by atoms with Gasteiger partial charge in [0.1, 0.15) is 0 Å². The van der Waals surface area contributed by atoms with Crippen LogP contribution in [0.3, 0.4) is 0 Å². The van der Waals surface area contributed by atoms with Crippen LogP contribution in [-0.4, -0.2) is 50.3 Å². The number of hydrogen-bond acceptors (Lipinski definition) is 3. The summed E-state index contributed by atoms with van der Waals surface area (Å²) in [6.07, 6.45) is 4.58. The van der Waals surface area contributed by atoms with Gasteiger partial charge in [-0.2, -0.15) is 0 Å². The zero-order valence-electron chi connectivity index (χ0n) is 14.3. The summed E-state index contributed by atoms with van der Waals surface area (Å²) in [5.41, 5.74) is 1.30. The average Bonchev–Trinajstić information content (AvgIpc) is 2.97. The number of amides is 1. The van der Waals surface area contributed by atoms with Crippen molar-refractivity contribution in [2.75, 3.05) is 33.4 Å². The van der Waals surface area contributed by atoms with Crippen molar-refractivity contribution in [2.45, 2.75) is 38.2 Å². The van der Waals surface area contributed by atoms with Crippen molar-refractivity contribution < 1.29 is 14.3 Å². The Morgan fingerprint density at radius 3 is 2.83 bits per heavy atom. The minimum absolute atomic E-state index is 0.220. The lowest BCUT2D eigenvalue weighted by Gasteiger charge is -2.38. The Morgan fingerprint density at radius 1 is 1.38 bits per heavy atom. The number of carbonyl (C=O) groups is 1. The highest BCUT2D eigenvalue weighted by Gasteiger charge is 2.42. The van der Waals surface area contributed by atoms with E-state index in [0.717, 1.165) is 49.5 Å². The van der Waals surface area contributed by atoms with Gasteiger partial charge in [0, 0.05) is 31.6 Å². The smallest absolute Gasteiger partial charge is 0.222 e. The first kappa shape index (κ1) is 17.7. The molecule has 4 nitrogen and oxygen atoms in total. The van der Waals surface area contributed by atoms with Crippen molar-refractivity contribution in [3.05, 3.63) is 34.9 Å². The maximum Gasteiger partial charge on any atom is 0.222 e. The fourth-order valence-electron chi connectivity index (χ4n) is 3.87. The Kier molecular flexibility index (Phi) is 5.80. The summed E-state index contributed by atoms with van der Waals surface area (Å²) < 4.78 is 11.1. The maximum atomic E-state index is 12.5. The van der Waals surface area contributed by atoms with Crippen LogP contribution in [0.4, 0.5) is 0 Å². The van der Waals surface area contributed by atoms with Gasteiger partial charge in [-0.05, 0) is 42.7 Å². The lowest BCUT2D eigenvalue weighted by atomic mass is 9.76. The summed E-state index contributed by atoms with van der Waals surface area (Å²) in [4.78, 5) is 14.5. The molecule has 2 heterocycles. The molecule has 2 aliphatic heterocycles. The Balaban J connectivity index is 1.46. The first-order valence-electron chi connectivity index (χ1n) is 8.74. The molecule has 2 fully saturated rings. The van der Waals surface area contributed by atoms with Crippen molar-refractivity contribution >= 4 is 17.5 Å². The number of benzene rings is 1. The van der Waals surface area contributed by atoms with Gasteiger partial charge in [0.15, 0.2) is 0 Å². The molecular weight excluding hydrogens is 326 g/mol. The second-order valence-corrected chi connectivity index (χ2v) is 7.47. The second-order valence-electron chi connectivity index (χ2n) is 7.06. The predicted molar refractivity (Wildman–Crippen MR) is 94.3 cm³/mol. The highest BCUT2D eigenvalue weighted by molar-refractivity contribution is 6.31. The Labute approximate surface area is 149 Å².